The third-order valence-corrected chi connectivity index (χ3v) is 6.91. The molecule has 0 spiro atoms. The fourth-order valence-corrected chi connectivity index (χ4v) is 5.07. The van der Waals surface area contributed by atoms with E-state index in [1.165, 1.54) is 11.3 Å². The van der Waals surface area contributed by atoms with E-state index in [0.717, 1.165) is 32.4 Å². The van der Waals surface area contributed by atoms with Crippen LogP contribution >= 0.6 is 0 Å². The van der Waals surface area contributed by atoms with Gasteiger partial charge in [0.05, 0.1) is 12.0 Å². The van der Waals surface area contributed by atoms with Crippen LogP contribution in [0, 0.1) is 17.8 Å². The van der Waals surface area contributed by atoms with Gasteiger partial charge in [-0.05, 0) is 51.0 Å². The van der Waals surface area contributed by atoms with E-state index >= 15 is 0 Å². The first kappa shape index (κ1) is 19.3. The number of benzene rings is 1. The van der Waals surface area contributed by atoms with Crippen LogP contribution in [0.25, 0.3) is 0 Å². The maximum atomic E-state index is 13.0. The summed E-state index contributed by atoms with van der Waals surface area (Å²) in [4.78, 5) is 24.9. The van der Waals surface area contributed by atoms with Crippen LogP contribution in [0.2, 0.25) is 0 Å². The quantitative estimate of drug-likeness (QED) is 0.730. The van der Waals surface area contributed by atoms with Crippen LogP contribution in [0.15, 0.2) is 48.0 Å². The molecule has 3 aliphatic rings. The van der Waals surface area contributed by atoms with Gasteiger partial charge in [-0.25, -0.2) is 4.98 Å². The highest BCUT2D eigenvalue weighted by Crippen LogP contribution is 2.54. The molecule has 1 saturated carbocycles. The van der Waals surface area contributed by atoms with Crippen molar-refractivity contribution >= 4 is 11.6 Å². The lowest BCUT2D eigenvalue weighted by Crippen LogP contribution is -2.33. The third kappa shape index (κ3) is 3.64. The summed E-state index contributed by atoms with van der Waals surface area (Å²) < 4.78 is 2.07. The van der Waals surface area contributed by atoms with Gasteiger partial charge in [0, 0.05) is 37.7 Å². The maximum Gasteiger partial charge on any atom is 0.274 e. The van der Waals surface area contributed by atoms with Crippen molar-refractivity contribution in [3.05, 3.63) is 54.1 Å². The van der Waals surface area contributed by atoms with E-state index in [0.29, 0.717) is 29.5 Å². The van der Waals surface area contributed by atoms with Gasteiger partial charge in [-0.1, -0.05) is 35.5 Å². The minimum Gasteiger partial charge on any atom is -0.389 e. The number of carbonyl (C=O) groups is 1. The van der Waals surface area contributed by atoms with Gasteiger partial charge in [-0.15, -0.1) is 0 Å². The minimum absolute atomic E-state index is 0.0555. The van der Waals surface area contributed by atoms with Gasteiger partial charge >= 0.3 is 0 Å². The second-order valence-corrected chi connectivity index (χ2v) is 9.75. The molecule has 1 saturated heterocycles. The van der Waals surface area contributed by atoms with Gasteiger partial charge in [0.15, 0.2) is 0 Å². The Labute approximate surface area is 177 Å². The first-order valence-corrected chi connectivity index (χ1v) is 11.0. The first-order valence-electron chi connectivity index (χ1n) is 11.0. The number of nitrogens with zero attached hydrogens (tertiary/aromatic N) is 4. The van der Waals surface area contributed by atoms with Crippen LogP contribution in [0.4, 0.5) is 0 Å². The number of hydrogen-bond acceptors (Lipinski definition) is 4. The molecule has 30 heavy (non-hydrogen) atoms. The van der Waals surface area contributed by atoms with E-state index in [4.69, 9.17) is 4.84 Å². The van der Waals surface area contributed by atoms with Crippen LogP contribution < -0.4 is 0 Å². The topological polar surface area (TPSA) is 59.7 Å². The molecule has 2 fully saturated rings. The van der Waals surface area contributed by atoms with Crippen molar-refractivity contribution in [2.75, 3.05) is 13.1 Å². The third-order valence-electron chi connectivity index (χ3n) is 6.91. The van der Waals surface area contributed by atoms with Crippen molar-refractivity contribution < 1.29 is 9.63 Å². The van der Waals surface area contributed by atoms with Crippen molar-refractivity contribution in [3.8, 4) is 0 Å². The highest BCUT2D eigenvalue weighted by Gasteiger charge is 2.60. The zero-order valence-electron chi connectivity index (χ0n) is 18.0. The lowest BCUT2D eigenvalue weighted by molar-refractivity contribution is 0.0123. The van der Waals surface area contributed by atoms with Crippen LogP contribution in [-0.2, 0) is 11.3 Å². The fraction of sp³-hybridized carbons (Fsp3) is 0.542. The van der Waals surface area contributed by atoms with E-state index < -0.39 is 0 Å². The smallest absolute Gasteiger partial charge is 0.274 e. The molecule has 3 heterocycles. The van der Waals surface area contributed by atoms with E-state index in [9.17, 15) is 4.79 Å². The monoisotopic (exact) mass is 406 g/mol. The Morgan fingerprint density at radius 2 is 1.97 bits per heavy atom. The van der Waals surface area contributed by atoms with Crippen LogP contribution in [0.3, 0.4) is 0 Å². The summed E-state index contributed by atoms with van der Waals surface area (Å²) in [6, 6.07) is 10.8. The molecular weight excluding hydrogens is 376 g/mol. The van der Waals surface area contributed by atoms with Crippen LogP contribution in [0.5, 0.6) is 0 Å². The highest BCUT2D eigenvalue weighted by molar-refractivity contribution is 5.94. The van der Waals surface area contributed by atoms with Crippen molar-refractivity contribution in [1.29, 1.82) is 0 Å². The SMILES string of the molecule is C[C@@H](CCc1ccccc1)n1cnc(C(=O)N2C[C@@H]3C(C4=NOC(C)(C)C4)[C@@H]3C2)c1. The highest BCUT2D eigenvalue weighted by atomic mass is 16.7. The van der Waals surface area contributed by atoms with Crippen LogP contribution in [-0.4, -0.2) is 44.8 Å². The van der Waals surface area contributed by atoms with Crippen molar-refractivity contribution in [3.63, 3.8) is 0 Å². The van der Waals surface area contributed by atoms with Gasteiger partial charge in [0.1, 0.15) is 11.3 Å². The number of aromatic nitrogens is 2. The average Bonchev–Trinajstić information content (AvgIpc) is 3.17. The molecule has 0 bridgehead atoms. The number of oxime groups is 1. The first-order chi connectivity index (χ1) is 14.4. The number of rotatable bonds is 6. The lowest BCUT2D eigenvalue weighted by Gasteiger charge is -2.19. The molecule has 6 heteroatoms. The number of hydrogen-bond donors (Lipinski definition) is 0. The molecule has 1 aliphatic carbocycles. The Hall–Kier alpha value is -2.63. The molecule has 2 aliphatic heterocycles. The van der Waals surface area contributed by atoms with Gasteiger partial charge in [-0.2, -0.15) is 0 Å². The summed E-state index contributed by atoms with van der Waals surface area (Å²) in [5, 5.41) is 4.32. The minimum atomic E-state index is -0.175. The Morgan fingerprint density at radius 1 is 1.23 bits per heavy atom. The number of aryl methyl sites for hydroxylation is 1. The van der Waals surface area contributed by atoms with Crippen LogP contribution in [0.1, 0.15) is 55.7 Å². The van der Waals surface area contributed by atoms with Crippen molar-refractivity contribution in [2.45, 2.75) is 51.7 Å². The second kappa shape index (κ2) is 7.25. The molecule has 5 rings (SSSR count). The Morgan fingerprint density at radius 3 is 2.63 bits per heavy atom. The van der Waals surface area contributed by atoms with E-state index in [1.807, 2.05) is 17.2 Å². The molecule has 1 aromatic carbocycles. The summed E-state index contributed by atoms with van der Waals surface area (Å²) in [6.07, 6.45) is 6.66. The molecule has 2 aromatic rings. The molecule has 1 aromatic heterocycles. The lowest BCUT2D eigenvalue weighted by atomic mass is 9.98. The molecule has 4 atom stereocenters. The van der Waals surface area contributed by atoms with E-state index in [1.54, 1.807) is 6.33 Å². The number of piperidine rings is 1. The van der Waals surface area contributed by atoms with Gasteiger partial charge in [0.2, 0.25) is 0 Å². The summed E-state index contributed by atoms with van der Waals surface area (Å²) >= 11 is 0. The average molecular weight is 407 g/mol. The fourth-order valence-electron chi connectivity index (χ4n) is 5.07. The maximum absolute atomic E-state index is 13.0. The van der Waals surface area contributed by atoms with Gasteiger partial charge < -0.3 is 14.3 Å². The Balaban J connectivity index is 1.14. The van der Waals surface area contributed by atoms with E-state index in [-0.39, 0.29) is 11.5 Å². The van der Waals surface area contributed by atoms with Gasteiger partial charge in [0.25, 0.3) is 5.91 Å². The zero-order valence-corrected chi connectivity index (χ0v) is 18.0. The summed E-state index contributed by atoms with van der Waals surface area (Å²) in [5.41, 5.74) is 2.92. The number of carbonyl (C=O) groups excluding carboxylic acids is 1. The van der Waals surface area contributed by atoms with Gasteiger partial charge in [-0.3, -0.25) is 4.79 Å². The second-order valence-electron chi connectivity index (χ2n) is 9.75. The number of imidazole rings is 1. The number of fused-ring (bicyclic) bond motifs is 1. The summed E-state index contributed by atoms with van der Waals surface area (Å²) in [5.74, 6) is 1.64. The molecule has 1 unspecified atom stereocenters. The molecule has 6 nitrogen and oxygen atoms in total. The Kier molecular flexibility index (Phi) is 4.68. The molecule has 158 valence electrons. The molecule has 0 radical (unpaired) electrons. The summed E-state index contributed by atoms with van der Waals surface area (Å²) in [7, 11) is 0. The predicted molar refractivity (Wildman–Crippen MR) is 115 cm³/mol. The molecular formula is C24H30N4O2. The standard InChI is InChI=1S/C24H30N4O2/c1-16(9-10-17-7-5-4-6-8-17)28-14-21(25-15-28)23(29)27-12-18-19(13-27)22(18)20-11-24(2,3)30-26-20/h4-8,14-16,18-19,22H,9-13H2,1-3H3/t16-,18-,19+,22?/m0/s1. The molecule has 1 amide bonds. The number of likely N-dealkylation sites (tertiary alicyclic amines) is 1. The Bertz CT molecular complexity index is 953. The van der Waals surface area contributed by atoms with Crippen molar-refractivity contribution in [1.82, 2.24) is 14.5 Å². The van der Waals surface area contributed by atoms with E-state index in [2.05, 4.69) is 59.7 Å². The predicted octanol–water partition coefficient (Wildman–Crippen LogP) is 3.95. The largest absolute Gasteiger partial charge is 0.389 e. The molecule has 0 N–H and O–H groups in total. The number of amides is 1. The zero-order chi connectivity index (χ0) is 20.9. The summed E-state index contributed by atoms with van der Waals surface area (Å²) in [6.45, 7) is 7.96. The normalized spacial score (nSPS) is 27.4. The van der Waals surface area contributed by atoms with Crippen molar-refractivity contribution in [2.24, 2.45) is 22.9 Å².